The van der Waals surface area contributed by atoms with Crippen LogP contribution in [-0.4, -0.2) is 32.4 Å². The van der Waals surface area contributed by atoms with E-state index in [1.54, 1.807) is 6.20 Å². The van der Waals surface area contributed by atoms with Gasteiger partial charge in [-0.15, -0.1) is 12.6 Å². The van der Waals surface area contributed by atoms with E-state index >= 15 is 0 Å². The largest absolute Gasteiger partial charge is 0.374 e. The first-order chi connectivity index (χ1) is 13.6. The second-order valence-electron chi connectivity index (χ2n) is 6.89. The maximum atomic E-state index is 9.96. The summed E-state index contributed by atoms with van der Waals surface area (Å²) in [4.78, 5) is 9.96. The number of aromatic nitrogens is 3. The number of hydrogen-bond acceptors (Lipinski definition) is 6. The SMILES string of the molecule is CC1=C=C(Nc2ncc3c(S)cn(CCCNC(O)C4=CC=C4)c3n2)CC=C1. The molecule has 0 fully saturated rings. The number of aryl methyl sites for hydroxylation is 1. The lowest BCUT2D eigenvalue weighted by Gasteiger charge is -2.17. The number of nitrogens with zero attached hydrogens (tertiary/aromatic N) is 3. The molecule has 2 aliphatic carbocycles. The molecule has 0 saturated heterocycles. The van der Waals surface area contributed by atoms with E-state index in [4.69, 9.17) is 0 Å². The lowest BCUT2D eigenvalue weighted by atomic mass is 10.1. The summed E-state index contributed by atoms with van der Waals surface area (Å²) in [7, 11) is 0. The molecule has 2 aromatic heterocycles. The highest BCUT2D eigenvalue weighted by Gasteiger charge is 2.12. The number of allylic oxidation sites excluding steroid dienone is 4. The number of aliphatic hydroxyl groups excluding tert-OH is 1. The van der Waals surface area contributed by atoms with E-state index in [0.29, 0.717) is 12.5 Å². The van der Waals surface area contributed by atoms with Crippen LogP contribution in [0.25, 0.3) is 11.0 Å². The van der Waals surface area contributed by atoms with Gasteiger partial charge in [0, 0.05) is 30.3 Å². The van der Waals surface area contributed by atoms with Crippen LogP contribution < -0.4 is 10.6 Å². The Hall–Kier alpha value is -2.57. The number of fused-ring (bicyclic) bond motifs is 1. The van der Waals surface area contributed by atoms with Gasteiger partial charge in [-0.1, -0.05) is 36.1 Å². The predicted molar refractivity (Wildman–Crippen MR) is 114 cm³/mol. The first kappa shape index (κ1) is 18.8. The average Bonchev–Trinajstić information content (AvgIpc) is 2.93. The van der Waals surface area contributed by atoms with Crippen molar-refractivity contribution in [2.24, 2.45) is 0 Å². The van der Waals surface area contributed by atoms with Crippen molar-refractivity contribution in [2.45, 2.75) is 37.4 Å². The van der Waals surface area contributed by atoms with Crippen LogP contribution in [0.2, 0.25) is 0 Å². The molecule has 28 heavy (non-hydrogen) atoms. The quantitative estimate of drug-likeness (QED) is 0.240. The van der Waals surface area contributed by atoms with E-state index in [1.165, 1.54) is 0 Å². The summed E-state index contributed by atoms with van der Waals surface area (Å²) in [5, 5.41) is 17.3. The Labute approximate surface area is 169 Å². The van der Waals surface area contributed by atoms with Crippen molar-refractivity contribution in [3.05, 3.63) is 65.3 Å². The number of aliphatic hydroxyl groups is 1. The average molecular weight is 394 g/mol. The van der Waals surface area contributed by atoms with Gasteiger partial charge in [0.2, 0.25) is 5.95 Å². The molecule has 6 nitrogen and oxygen atoms in total. The van der Waals surface area contributed by atoms with Gasteiger partial charge in [0.1, 0.15) is 11.9 Å². The van der Waals surface area contributed by atoms with Gasteiger partial charge in [-0.05, 0) is 31.0 Å². The van der Waals surface area contributed by atoms with Crippen LogP contribution in [0, 0.1) is 0 Å². The second-order valence-corrected chi connectivity index (χ2v) is 7.37. The fourth-order valence-corrected chi connectivity index (χ4v) is 3.48. The van der Waals surface area contributed by atoms with Crippen LogP contribution in [0.5, 0.6) is 0 Å². The van der Waals surface area contributed by atoms with E-state index in [-0.39, 0.29) is 0 Å². The van der Waals surface area contributed by atoms with E-state index in [0.717, 1.165) is 52.2 Å². The Kier molecular flexibility index (Phi) is 5.50. The fraction of sp³-hybridized carbons (Fsp3) is 0.286. The molecule has 3 N–H and O–H groups in total. The van der Waals surface area contributed by atoms with Crippen LogP contribution >= 0.6 is 12.6 Å². The van der Waals surface area contributed by atoms with Gasteiger partial charge < -0.3 is 15.0 Å². The Morgan fingerprint density at radius 3 is 3.00 bits per heavy atom. The van der Waals surface area contributed by atoms with Crippen LogP contribution in [0.3, 0.4) is 0 Å². The molecule has 0 spiro atoms. The summed E-state index contributed by atoms with van der Waals surface area (Å²) in [5.41, 5.74) is 7.11. The minimum atomic E-state index is -0.598. The Morgan fingerprint density at radius 1 is 1.39 bits per heavy atom. The predicted octanol–water partition coefficient (Wildman–Crippen LogP) is 3.32. The molecule has 1 atom stereocenters. The van der Waals surface area contributed by atoms with Gasteiger partial charge in [0.15, 0.2) is 0 Å². The third-order valence-corrected chi connectivity index (χ3v) is 5.06. The summed E-state index contributed by atoms with van der Waals surface area (Å²) < 4.78 is 2.08. The highest BCUT2D eigenvalue weighted by molar-refractivity contribution is 7.80. The number of rotatable bonds is 8. The van der Waals surface area contributed by atoms with E-state index in [1.807, 2.05) is 31.3 Å². The molecule has 0 aliphatic heterocycles. The van der Waals surface area contributed by atoms with Crippen molar-refractivity contribution in [3.63, 3.8) is 0 Å². The van der Waals surface area contributed by atoms with E-state index in [9.17, 15) is 5.11 Å². The molecule has 2 heterocycles. The summed E-state index contributed by atoms with van der Waals surface area (Å²) in [5.74, 6) is 0.558. The summed E-state index contributed by atoms with van der Waals surface area (Å²) in [6.45, 7) is 3.49. The third kappa shape index (κ3) is 4.13. The minimum absolute atomic E-state index is 0.558. The topological polar surface area (TPSA) is 75.0 Å². The molecule has 2 aliphatic rings. The van der Waals surface area contributed by atoms with Crippen molar-refractivity contribution in [3.8, 4) is 0 Å². The van der Waals surface area contributed by atoms with Crippen LogP contribution in [0.15, 0.2) is 70.2 Å². The number of thiol groups is 1. The van der Waals surface area contributed by atoms with Gasteiger partial charge in [0.25, 0.3) is 0 Å². The van der Waals surface area contributed by atoms with Gasteiger partial charge in [-0.2, -0.15) is 4.98 Å². The summed E-state index contributed by atoms with van der Waals surface area (Å²) >= 11 is 4.55. The molecular formula is C21H23N5OS. The first-order valence-corrected chi connectivity index (χ1v) is 9.79. The maximum Gasteiger partial charge on any atom is 0.229 e. The Balaban J connectivity index is 1.43. The van der Waals surface area contributed by atoms with Gasteiger partial charge in [-0.25, -0.2) is 4.98 Å². The zero-order valence-corrected chi connectivity index (χ0v) is 16.6. The van der Waals surface area contributed by atoms with Crippen molar-refractivity contribution in [2.75, 3.05) is 11.9 Å². The van der Waals surface area contributed by atoms with Gasteiger partial charge >= 0.3 is 0 Å². The van der Waals surface area contributed by atoms with E-state index < -0.39 is 6.23 Å². The summed E-state index contributed by atoms with van der Waals surface area (Å²) in [6.07, 6.45) is 14.7. The van der Waals surface area contributed by atoms with Crippen molar-refractivity contribution in [1.82, 2.24) is 19.9 Å². The second kappa shape index (κ2) is 8.20. The van der Waals surface area contributed by atoms with Gasteiger partial charge in [-0.3, -0.25) is 5.32 Å². The Morgan fingerprint density at radius 2 is 2.25 bits per heavy atom. The molecule has 0 saturated carbocycles. The van der Waals surface area contributed by atoms with Crippen molar-refractivity contribution >= 4 is 29.6 Å². The summed E-state index contributed by atoms with van der Waals surface area (Å²) in [6, 6.07) is 0. The molecule has 2 aromatic rings. The highest BCUT2D eigenvalue weighted by Crippen LogP contribution is 2.24. The number of anilines is 1. The van der Waals surface area contributed by atoms with Crippen LogP contribution in [-0.2, 0) is 6.54 Å². The minimum Gasteiger partial charge on any atom is -0.374 e. The Bertz CT molecular complexity index is 1060. The van der Waals surface area contributed by atoms with Crippen molar-refractivity contribution < 1.29 is 5.11 Å². The zero-order chi connectivity index (χ0) is 19.5. The highest BCUT2D eigenvalue weighted by atomic mass is 32.1. The van der Waals surface area contributed by atoms with Crippen molar-refractivity contribution in [1.29, 1.82) is 0 Å². The smallest absolute Gasteiger partial charge is 0.229 e. The molecule has 0 radical (unpaired) electrons. The fourth-order valence-electron chi connectivity index (χ4n) is 3.18. The standard InChI is InChI=1S/C21H23N5OS/c1-14-5-2-8-16(11-14)24-21-23-12-17-18(28)13-26(19(17)25-21)10-4-9-22-20(27)15-6-3-7-15/h2-3,5-7,12-13,20,22,27-28H,4,8-10H2,1H3,(H,23,24,25). The monoisotopic (exact) mass is 393 g/mol. The number of hydrogen-bond donors (Lipinski definition) is 4. The lowest BCUT2D eigenvalue weighted by molar-refractivity contribution is 0.174. The van der Waals surface area contributed by atoms with Gasteiger partial charge in [0.05, 0.1) is 11.1 Å². The molecule has 4 rings (SSSR count). The lowest BCUT2D eigenvalue weighted by Crippen LogP contribution is -2.32. The zero-order valence-electron chi connectivity index (χ0n) is 15.7. The molecule has 0 bridgehead atoms. The molecule has 1 unspecified atom stereocenters. The molecule has 0 amide bonds. The maximum absolute atomic E-state index is 9.96. The molecule has 7 heteroatoms. The first-order valence-electron chi connectivity index (χ1n) is 9.34. The van der Waals surface area contributed by atoms with Crippen LogP contribution in [0.1, 0.15) is 19.8 Å². The molecule has 0 aromatic carbocycles. The molecular weight excluding hydrogens is 370 g/mol. The van der Waals surface area contributed by atoms with E-state index in [2.05, 4.69) is 55.7 Å². The normalized spacial score (nSPS) is 16.5. The number of nitrogens with one attached hydrogen (secondary N) is 2. The molecule has 144 valence electrons. The third-order valence-electron chi connectivity index (χ3n) is 4.70. The van der Waals surface area contributed by atoms with Crippen LogP contribution in [0.4, 0.5) is 5.95 Å².